The van der Waals surface area contributed by atoms with Crippen LogP contribution in [0.1, 0.15) is 20.7 Å². The Balaban J connectivity index is 2.06. The molecule has 0 amide bonds. The van der Waals surface area contributed by atoms with Crippen LogP contribution in [0, 0.1) is 6.92 Å². The first-order valence-corrected chi connectivity index (χ1v) is 7.19. The highest BCUT2D eigenvalue weighted by molar-refractivity contribution is 9.10. The maximum atomic E-state index is 6.15. The van der Waals surface area contributed by atoms with Crippen LogP contribution in [0.3, 0.4) is 0 Å². The van der Waals surface area contributed by atoms with E-state index < -0.39 is 0 Å². The van der Waals surface area contributed by atoms with Crippen molar-refractivity contribution in [2.24, 2.45) is 5.73 Å². The largest absolute Gasteiger partial charge is 0.323 e. The Hall–Kier alpha value is -0.160. The molecule has 1 atom stereocenters. The predicted octanol–water partition coefficient (Wildman–Crippen LogP) is 4.12. The molecule has 2 aromatic heterocycles. The molecule has 1 unspecified atom stereocenters. The average Bonchev–Trinajstić information content (AvgIpc) is 2.75. The van der Waals surface area contributed by atoms with E-state index in [9.17, 15) is 0 Å². The van der Waals surface area contributed by atoms with Crippen LogP contribution in [0.25, 0.3) is 0 Å². The summed E-state index contributed by atoms with van der Waals surface area (Å²) in [6.45, 7) is 2.11. The van der Waals surface area contributed by atoms with Gasteiger partial charge in [-0.05, 0) is 41.1 Å². The lowest BCUT2D eigenvalue weighted by atomic mass is 10.1. The molecule has 4 heteroatoms. The summed E-state index contributed by atoms with van der Waals surface area (Å²) in [5.74, 6) is 0. The molecule has 0 fully saturated rings. The Morgan fingerprint density at radius 1 is 1.47 bits per heavy atom. The zero-order valence-electron chi connectivity index (χ0n) is 8.37. The lowest BCUT2D eigenvalue weighted by Crippen LogP contribution is -2.10. The van der Waals surface area contributed by atoms with Crippen LogP contribution in [0.5, 0.6) is 0 Å². The number of thiophene rings is 2. The molecular formula is C11H12BrNS2. The molecule has 2 N–H and O–H groups in total. The zero-order chi connectivity index (χ0) is 10.8. The van der Waals surface area contributed by atoms with Crippen LogP contribution in [-0.2, 0) is 6.42 Å². The minimum atomic E-state index is 0.134. The molecule has 2 aromatic rings. The van der Waals surface area contributed by atoms with Crippen molar-refractivity contribution in [1.29, 1.82) is 0 Å². The van der Waals surface area contributed by atoms with Gasteiger partial charge < -0.3 is 5.73 Å². The maximum Gasteiger partial charge on any atom is 0.0438 e. The lowest BCUT2D eigenvalue weighted by molar-refractivity contribution is 0.745. The highest BCUT2D eigenvalue weighted by Crippen LogP contribution is 2.27. The summed E-state index contributed by atoms with van der Waals surface area (Å²) in [5, 5.41) is 2.10. The van der Waals surface area contributed by atoms with E-state index in [0.29, 0.717) is 0 Å². The fraction of sp³-hybridized carbons (Fsp3) is 0.273. The molecule has 2 rings (SSSR count). The Kier molecular flexibility index (Phi) is 3.61. The van der Waals surface area contributed by atoms with Crippen LogP contribution >= 0.6 is 38.6 Å². The molecule has 80 valence electrons. The first-order chi connectivity index (χ1) is 7.15. The second-order valence-corrected chi connectivity index (χ2v) is 6.72. The van der Waals surface area contributed by atoms with Gasteiger partial charge in [-0.15, -0.1) is 22.7 Å². The summed E-state index contributed by atoms with van der Waals surface area (Å²) in [5.41, 5.74) is 6.15. The quantitative estimate of drug-likeness (QED) is 0.906. The van der Waals surface area contributed by atoms with Crippen molar-refractivity contribution < 1.29 is 0 Å². The van der Waals surface area contributed by atoms with Crippen molar-refractivity contribution >= 4 is 38.6 Å². The van der Waals surface area contributed by atoms with Gasteiger partial charge in [0.2, 0.25) is 0 Å². The highest BCUT2D eigenvalue weighted by atomic mass is 79.9. The third kappa shape index (κ3) is 2.91. The van der Waals surface area contributed by atoms with Gasteiger partial charge in [0.15, 0.2) is 0 Å². The number of rotatable bonds is 3. The third-order valence-corrected chi connectivity index (χ3v) is 5.02. The lowest BCUT2D eigenvalue weighted by Gasteiger charge is -2.07. The minimum Gasteiger partial charge on any atom is -0.323 e. The van der Waals surface area contributed by atoms with Gasteiger partial charge in [-0.3, -0.25) is 0 Å². The molecule has 0 saturated heterocycles. The summed E-state index contributed by atoms with van der Waals surface area (Å²) in [4.78, 5) is 3.94. The van der Waals surface area contributed by atoms with Crippen molar-refractivity contribution in [2.45, 2.75) is 19.4 Å². The molecule has 1 nitrogen and oxygen atoms in total. The van der Waals surface area contributed by atoms with Gasteiger partial charge in [0.05, 0.1) is 0 Å². The normalized spacial score (nSPS) is 13.0. The van der Waals surface area contributed by atoms with Crippen LogP contribution in [0.15, 0.2) is 28.1 Å². The van der Waals surface area contributed by atoms with E-state index in [1.807, 2.05) is 0 Å². The highest BCUT2D eigenvalue weighted by Gasteiger charge is 2.10. The SMILES string of the molecule is Cc1ccc(C(N)Cc2cc(Br)cs2)s1. The van der Waals surface area contributed by atoms with Crippen molar-refractivity contribution in [3.63, 3.8) is 0 Å². The Morgan fingerprint density at radius 3 is 2.80 bits per heavy atom. The number of nitrogens with two attached hydrogens (primary N) is 1. The smallest absolute Gasteiger partial charge is 0.0438 e. The van der Waals surface area contributed by atoms with E-state index in [2.05, 4.69) is 46.4 Å². The van der Waals surface area contributed by atoms with Gasteiger partial charge in [0.1, 0.15) is 0 Å². The maximum absolute atomic E-state index is 6.15. The van der Waals surface area contributed by atoms with E-state index in [1.54, 1.807) is 22.7 Å². The molecule has 0 aliphatic heterocycles. The summed E-state index contributed by atoms with van der Waals surface area (Å²) in [6, 6.07) is 6.54. The third-order valence-electron chi connectivity index (χ3n) is 2.17. The molecule has 0 radical (unpaired) electrons. The first-order valence-electron chi connectivity index (χ1n) is 4.70. The zero-order valence-corrected chi connectivity index (χ0v) is 11.6. The summed E-state index contributed by atoms with van der Waals surface area (Å²) < 4.78 is 1.15. The van der Waals surface area contributed by atoms with Crippen LogP contribution in [0.2, 0.25) is 0 Å². The van der Waals surface area contributed by atoms with E-state index in [0.717, 1.165) is 10.9 Å². The standard InChI is InChI=1S/C11H12BrNS2/c1-7-2-3-11(15-7)10(13)5-9-4-8(12)6-14-9/h2-4,6,10H,5,13H2,1H3. The molecule has 2 heterocycles. The fourth-order valence-electron chi connectivity index (χ4n) is 1.43. The van der Waals surface area contributed by atoms with Crippen molar-refractivity contribution in [2.75, 3.05) is 0 Å². The monoisotopic (exact) mass is 301 g/mol. The molecule has 0 aromatic carbocycles. The summed E-state index contributed by atoms with van der Waals surface area (Å²) in [6.07, 6.45) is 0.927. The topological polar surface area (TPSA) is 26.0 Å². The molecule has 0 aliphatic rings. The summed E-state index contributed by atoms with van der Waals surface area (Å²) >= 11 is 7.00. The molecular weight excluding hydrogens is 290 g/mol. The molecule has 0 bridgehead atoms. The van der Waals surface area contributed by atoms with Crippen molar-refractivity contribution in [3.8, 4) is 0 Å². The van der Waals surface area contributed by atoms with E-state index in [4.69, 9.17) is 5.73 Å². The Bertz CT molecular complexity index is 447. The number of aryl methyl sites for hydroxylation is 1. The van der Waals surface area contributed by atoms with Crippen LogP contribution in [-0.4, -0.2) is 0 Å². The van der Waals surface area contributed by atoms with Crippen molar-refractivity contribution in [3.05, 3.63) is 42.7 Å². The van der Waals surface area contributed by atoms with Crippen molar-refractivity contribution in [1.82, 2.24) is 0 Å². The first kappa shape index (κ1) is 11.3. The fourth-order valence-corrected chi connectivity index (χ4v) is 3.82. The molecule has 15 heavy (non-hydrogen) atoms. The van der Waals surface area contributed by atoms with Gasteiger partial charge in [-0.1, -0.05) is 0 Å². The average molecular weight is 302 g/mol. The Labute approximate surface area is 106 Å². The number of hydrogen-bond acceptors (Lipinski definition) is 3. The molecule has 0 spiro atoms. The second kappa shape index (κ2) is 4.78. The van der Waals surface area contributed by atoms with E-state index in [-0.39, 0.29) is 6.04 Å². The van der Waals surface area contributed by atoms with Gasteiger partial charge >= 0.3 is 0 Å². The van der Waals surface area contributed by atoms with Gasteiger partial charge in [0, 0.05) is 36.9 Å². The number of hydrogen-bond donors (Lipinski definition) is 1. The van der Waals surface area contributed by atoms with Gasteiger partial charge in [0.25, 0.3) is 0 Å². The van der Waals surface area contributed by atoms with Crippen LogP contribution in [0.4, 0.5) is 0 Å². The predicted molar refractivity (Wildman–Crippen MR) is 71.7 cm³/mol. The summed E-state index contributed by atoms with van der Waals surface area (Å²) in [7, 11) is 0. The van der Waals surface area contributed by atoms with Gasteiger partial charge in [-0.25, -0.2) is 0 Å². The van der Waals surface area contributed by atoms with E-state index in [1.165, 1.54) is 14.6 Å². The minimum absolute atomic E-state index is 0.134. The van der Waals surface area contributed by atoms with Gasteiger partial charge in [-0.2, -0.15) is 0 Å². The molecule has 0 aliphatic carbocycles. The van der Waals surface area contributed by atoms with E-state index >= 15 is 0 Å². The second-order valence-electron chi connectivity index (χ2n) is 3.49. The Morgan fingerprint density at radius 2 is 2.27 bits per heavy atom. The number of halogens is 1. The van der Waals surface area contributed by atoms with Crippen LogP contribution < -0.4 is 5.73 Å². The molecule has 0 saturated carbocycles.